The standard InChI is InChI=1S/C16H25N5O8/c17-7-12(23)21-5-1-2-10(21)15(27)19-8(3-4-13(24)25)14(26)20-9(16(28)29)6-11(18)22/h8-10H,1-7,17H2,(H2,18,22)(H,19,27)(H,20,26)(H,24,25)(H,28,29). The average molecular weight is 415 g/mol. The maximum atomic E-state index is 12.6. The minimum Gasteiger partial charge on any atom is -0.481 e. The Morgan fingerprint density at radius 3 is 2.24 bits per heavy atom. The fourth-order valence-corrected chi connectivity index (χ4v) is 2.93. The van der Waals surface area contributed by atoms with Crippen LogP contribution in [0.25, 0.3) is 0 Å². The third-order valence-corrected chi connectivity index (χ3v) is 4.35. The summed E-state index contributed by atoms with van der Waals surface area (Å²) in [5.74, 6) is -5.83. The van der Waals surface area contributed by atoms with Gasteiger partial charge in [0.15, 0.2) is 0 Å². The van der Waals surface area contributed by atoms with E-state index in [1.165, 1.54) is 4.90 Å². The number of primary amides is 1. The molecule has 1 aliphatic rings. The van der Waals surface area contributed by atoms with Gasteiger partial charge >= 0.3 is 11.9 Å². The number of carbonyl (C=O) groups is 6. The number of nitrogens with two attached hydrogens (primary N) is 2. The highest BCUT2D eigenvalue weighted by molar-refractivity contribution is 5.94. The van der Waals surface area contributed by atoms with E-state index in [0.717, 1.165) is 0 Å². The maximum Gasteiger partial charge on any atom is 0.326 e. The van der Waals surface area contributed by atoms with Gasteiger partial charge in [-0.25, -0.2) is 4.79 Å². The van der Waals surface area contributed by atoms with Crippen LogP contribution in [0.5, 0.6) is 0 Å². The van der Waals surface area contributed by atoms with Gasteiger partial charge in [0.1, 0.15) is 18.1 Å². The van der Waals surface area contributed by atoms with Gasteiger partial charge in [0.05, 0.1) is 13.0 Å². The van der Waals surface area contributed by atoms with Gasteiger partial charge in [-0.3, -0.25) is 24.0 Å². The molecular formula is C16H25N5O8. The summed E-state index contributed by atoms with van der Waals surface area (Å²) in [7, 11) is 0. The van der Waals surface area contributed by atoms with Crippen LogP contribution in [0.4, 0.5) is 0 Å². The summed E-state index contributed by atoms with van der Waals surface area (Å²) in [5.41, 5.74) is 10.3. The first kappa shape index (κ1) is 23.8. The van der Waals surface area contributed by atoms with Crippen LogP contribution in [0.2, 0.25) is 0 Å². The number of nitrogens with zero attached hydrogens (tertiary/aromatic N) is 1. The topological polar surface area (TPSA) is 222 Å². The van der Waals surface area contributed by atoms with Crippen LogP contribution in [-0.2, 0) is 28.8 Å². The number of likely N-dealkylation sites (tertiary alicyclic amines) is 1. The maximum absolute atomic E-state index is 12.6. The number of hydrogen-bond donors (Lipinski definition) is 6. The van der Waals surface area contributed by atoms with Crippen molar-refractivity contribution in [1.29, 1.82) is 0 Å². The Labute approximate surface area is 165 Å². The Kier molecular flexibility index (Phi) is 8.99. The molecule has 1 heterocycles. The van der Waals surface area contributed by atoms with Gasteiger partial charge in [0, 0.05) is 13.0 Å². The Morgan fingerprint density at radius 1 is 1.07 bits per heavy atom. The molecule has 0 radical (unpaired) electrons. The number of rotatable bonds is 11. The summed E-state index contributed by atoms with van der Waals surface area (Å²) in [6, 6.07) is -3.89. The number of amides is 4. The van der Waals surface area contributed by atoms with Crippen LogP contribution >= 0.6 is 0 Å². The van der Waals surface area contributed by atoms with E-state index in [0.29, 0.717) is 19.4 Å². The Balaban J connectivity index is 2.90. The zero-order chi connectivity index (χ0) is 22.1. The molecule has 0 bridgehead atoms. The van der Waals surface area contributed by atoms with Crippen molar-refractivity contribution in [3.8, 4) is 0 Å². The molecule has 0 aliphatic carbocycles. The van der Waals surface area contributed by atoms with Gasteiger partial charge in [0.25, 0.3) is 0 Å². The van der Waals surface area contributed by atoms with Crippen molar-refractivity contribution in [1.82, 2.24) is 15.5 Å². The van der Waals surface area contributed by atoms with E-state index < -0.39 is 66.5 Å². The van der Waals surface area contributed by atoms with Crippen LogP contribution in [0, 0.1) is 0 Å². The lowest BCUT2D eigenvalue weighted by atomic mass is 10.1. The molecule has 1 fully saturated rings. The van der Waals surface area contributed by atoms with Crippen molar-refractivity contribution in [3.05, 3.63) is 0 Å². The molecule has 0 spiro atoms. The first-order valence-electron chi connectivity index (χ1n) is 8.90. The minimum absolute atomic E-state index is 0.292. The SMILES string of the molecule is NCC(=O)N1CCCC1C(=O)NC(CCC(=O)O)C(=O)NC(CC(N)=O)C(=O)O. The molecule has 3 atom stereocenters. The third kappa shape index (κ3) is 7.37. The van der Waals surface area contributed by atoms with E-state index >= 15 is 0 Å². The second-order valence-electron chi connectivity index (χ2n) is 6.51. The normalized spacial score (nSPS) is 17.8. The molecule has 13 heteroatoms. The molecule has 0 saturated carbocycles. The molecule has 1 saturated heterocycles. The lowest BCUT2D eigenvalue weighted by molar-refractivity contribution is -0.144. The number of nitrogens with one attached hydrogen (secondary N) is 2. The van der Waals surface area contributed by atoms with E-state index in [1.54, 1.807) is 0 Å². The van der Waals surface area contributed by atoms with Gasteiger partial charge in [-0.05, 0) is 19.3 Å². The van der Waals surface area contributed by atoms with Gasteiger partial charge < -0.3 is 37.2 Å². The van der Waals surface area contributed by atoms with E-state index in [4.69, 9.17) is 21.7 Å². The van der Waals surface area contributed by atoms with Crippen molar-refractivity contribution < 1.29 is 39.0 Å². The van der Waals surface area contributed by atoms with Crippen molar-refractivity contribution in [2.45, 2.75) is 50.2 Å². The number of hydrogen-bond acceptors (Lipinski definition) is 7. The summed E-state index contributed by atoms with van der Waals surface area (Å²) in [4.78, 5) is 71.1. The number of carboxylic acid groups (broad SMARTS) is 2. The molecule has 3 unspecified atom stereocenters. The van der Waals surface area contributed by atoms with Crippen LogP contribution in [0.15, 0.2) is 0 Å². The highest BCUT2D eigenvalue weighted by Crippen LogP contribution is 2.17. The van der Waals surface area contributed by atoms with Crippen molar-refractivity contribution >= 4 is 35.6 Å². The fourth-order valence-electron chi connectivity index (χ4n) is 2.93. The molecule has 29 heavy (non-hydrogen) atoms. The summed E-state index contributed by atoms with van der Waals surface area (Å²) in [6.45, 7) is 0.0277. The predicted molar refractivity (Wildman–Crippen MR) is 96.0 cm³/mol. The zero-order valence-corrected chi connectivity index (χ0v) is 15.6. The summed E-state index contributed by atoms with van der Waals surface area (Å²) in [6.07, 6.45) is -0.600. The zero-order valence-electron chi connectivity index (χ0n) is 15.6. The van der Waals surface area contributed by atoms with E-state index in [-0.39, 0.29) is 13.0 Å². The Hall–Kier alpha value is -3.22. The van der Waals surface area contributed by atoms with Crippen LogP contribution in [0.3, 0.4) is 0 Å². The van der Waals surface area contributed by atoms with Crippen LogP contribution < -0.4 is 22.1 Å². The van der Waals surface area contributed by atoms with Gasteiger partial charge in [-0.2, -0.15) is 0 Å². The number of aliphatic carboxylic acids is 2. The lowest BCUT2D eigenvalue weighted by Gasteiger charge is -2.26. The highest BCUT2D eigenvalue weighted by Gasteiger charge is 2.36. The number of carboxylic acids is 2. The average Bonchev–Trinajstić information content (AvgIpc) is 3.12. The largest absolute Gasteiger partial charge is 0.481 e. The number of carbonyl (C=O) groups excluding carboxylic acids is 4. The summed E-state index contributed by atoms with van der Waals surface area (Å²) < 4.78 is 0. The molecule has 4 amide bonds. The van der Waals surface area contributed by atoms with E-state index in [2.05, 4.69) is 10.6 Å². The summed E-state index contributed by atoms with van der Waals surface area (Å²) in [5, 5.41) is 22.4. The van der Waals surface area contributed by atoms with Gasteiger partial charge in [-0.15, -0.1) is 0 Å². The van der Waals surface area contributed by atoms with Crippen molar-refractivity contribution in [2.24, 2.45) is 11.5 Å². The molecule has 1 aliphatic heterocycles. The molecule has 0 aromatic carbocycles. The van der Waals surface area contributed by atoms with E-state index in [9.17, 15) is 28.8 Å². The fraction of sp³-hybridized carbons (Fsp3) is 0.625. The molecule has 162 valence electrons. The first-order chi connectivity index (χ1) is 13.6. The molecule has 8 N–H and O–H groups in total. The molecule has 0 aromatic rings. The second-order valence-corrected chi connectivity index (χ2v) is 6.51. The summed E-state index contributed by atoms with van der Waals surface area (Å²) >= 11 is 0. The molecule has 0 aromatic heterocycles. The van der Waals surface area contributed by atoms with Crippen molar-refractivity contribution in [3.63, 3.8) is 0 Å². The van der Waals surface area contributed by atoms with E-state index in [1.807, 2.05) is 0 Å². The smallest absolute Gasteiger partial charge is 0.326 e. The Morgan fingerprint density at radius 2 is 1.72 bits per heavy atom. The monoisotopic (exact) mass is 415 g/mol. The molecule has 13 nitrogen and oxygen atoms in total. The molecular weight excluding hydrogens is 390 g/mol. The Bertz CT molecular complexity index is 682. The minimum atomic E-state index is -1.63. The van der Waals surface area contributed by atoms with Gasteiger partial charge in [-0.1, -0.05) is 0 Å². The predicted octanol–water partition coefficient (Wildman–Crippen LogP) is -3.27. The second kappa shape index (κ2) is 10.9. The highest BCUT2D eigenvalue weighted by atomic mass is 16.4. The van der Waals surface area contributed by atoms with Crippen molar-refractivity contribution in [2.75, 3.05) is 13.1 Å². The first-order valence-corrected chi connectivity index (χ1v) is 8.90. The molecule has 1 rings (SSSR count). The van der Waals surface area contributed by atoms with Crippen LogP contribution in [-0.4, -0.2) is 81.9 Å². The van der Waals surface area contributed by atoms with Gasteiger partial charge in [0.2, 0.25) is 23.6 Å². The lowest BCUT2D eigenvalue weighted by Crippen LogP contribution is -2.56. The quantitative estimate of drug-likeness (QED) is 0.199. The van der Waals surface area contributed by atoms with Crippen LogP contribution in [0.1, 0.15) is 32.1 Å². The third-order valence-electron chi connectivity index (χ3n) is 4.35.